The Labute approximate surface area is 317 Å². The van der Waals surface area contributed by atoms with Gasteiger partial charge in [-0.3, -0.25) is 9.59 Å². The molecule has 8 heterocycles. The number of amides is 4. The minimum atomic E-state index is -0.576. The first kappa shape index (κ1) is 34.2. The van der Waals surface area contributed by atoms with E-state index in [1.54, 1.807) is 51.8 Å². The monoisotopic (exact) mass is 776 g/mol. The van der Waals surface area contributed by atoms with E-state index in [-0.39, 0.29) is 6.03 Å². The Balaban J connectivity index is 0.000000164. The number of urea groups is 1. The van der Waals surface area contributed by atoms with E-state index in [1.807, 2.05) is 29.0 Å². The third-order valence-corrected chi connectivity index (χ3v) is 12.9. The summed E-state index contributed by atoms with van der Waals surface area (Å²) in [6.45, 7) is 9.24. The number of anilines is 3. The molecule has 10 N–H and O–H groups in total. The molecule has 13 nitrogen and oxygen atoms in total. The number of benzene rings is 1. The van der Waals surface area contributed by atoms with Crippen molar-refractivity contribution >= 4 is 106 Å². The standard InChI is InChI=1S/C22H16N6O2S2.C14H12N4OS2/c1-25-11-4-6-12(7-5-11)26-22(30)28-9-13-14(10-28)27-21-17(16(13)15-3-2-8-31-15)18(23)19(32-21)20(24)29;15-11-10-9(8-2-1-3-20-8)6-4-17-5-7(6)18-14(10)21-12(11)13(16)19/h2-8H,9-10,23H2,(H2,24,29)(H,26,30);1-3,17H,4-5,15H2,(H2,16,19). The normalized spacial score (nSPS) is 13.0. The van der Waals surface area contributed by atoms with Crippen molar-refractivity contribution in [3.63, 3.8) is 0 Å². The molecule has 53 heavy (non-hydrogen) atoms. The Morgan fingerprint density at radius 2 is 1.34 bits per heavy atom. The molecular weight excluding hydrogens is 749 g/mol. The van der Waals surface area contributed by atoms with Crippen LogP contribution in [-0.4, -0.2) is 32.7 Å². The van der Waals surface area contributed by atoms with Crippen molar-refractivity contribution in [3.8, 4) is 20.9 Å². The van der Waals surface area contributed by atoms with Gasteiger partial charge in [0, 0.05) is 56.0 Å². The van der Waals surface area contributed by atoms with E-state index in [0.717, 1.165) is 61.1 Å². The van der Waals surface area contributed by atoms with E-state index in [0.29, 0.717) is 55.8 Å². The molecule has 1 aromatic carbocycles. The summed E-state index contributed by atoms with van der Waals surface area (Å²) in [4.78, 5) is 55.0. The van der Waals surface area contributed by atoms with Crippen molar-refractivity contribution < 1.29 is 14.4 Å². The lowest BCUT2D eigenvalue weighted by Gasteiger charge is -2.16. The van der Waals surface area contributed by atoms with E-state index in [4.69, 9.17) is 34.5 Å². The van der Waals surface area contributed by atoms with Crippen LogP contribution in [0.15, 0.2) is 59.3 Å². The number of rotatable bonds is 5. The van der Waals surface area contributed by atoms with Gasteiger partial charge in [0.2, 0.25) is 0 Å². The Kier molecular flexibility index (Phi) is 8.76. The maximum absolute atomic E-state index is 12.9. The van der Waals surface area contributed by atoms with Gasteiger partial charge in [-0.25, -0.2) is 19.6 Å². The number of pyridine rings is 2. The van der Waals surface area contributed by atoms with Crippen LogP contribution < -0.4 is 33.6 Å². The van der Waals surface area contributed by atoms with Crippen LogP contribution >= 0.6 is 45.3 Å². The minimum Gasteiger partial charge on any atom is -0.397 e. The molecule has 0 fully saturated rings. The van der Waals surface area contributed by atoms with Crippen LogP contribution in [0.25, 0.3) is 46.2 Å². The lowest BCUT2D eigenvalue weighted by molar-refractivity contribution is 0.0996. The van der Waals surface area contributed by atoms with Gasteiger partial charge in [0.1, 0.15) is 19.4 Å². The molecule has 0 bridgehead atoms. The molecule has 17 heteroatoms. The van der Waals surface area contributed by atoms with Crippen LogP contribution in [0, 0.1) is 6.57 Å². The molecule has 2 aliphatic rings. The summed E-state index contributed by atoms with van der Waals surface area (Å²) in [5.74, 6) is -1.07. The summed E-state index contributed by atoms with van der Waals surface area (Å²) in [6.07, 6.45) is 0. The van der Waals surface area contributed by atoms with Crippen LogP contribution in [0.5, 0.6) is 0 Å². The third-order valence-electron chi connectivity index (χ3n) is 8.93. The fourth-order valence-electron chi connectivity index (χ4n) is 6.56. The number of carbonyl (C=O) groups is 3. The first-order chi connectivity index (χ1) is 25.6. The lowest BCUT2D eigenvalue weighted by atomic mass is 10.0. The molecule has 6 aromatic heterocycles. The summed E-state index contributed by atoms with van der Waals surface area (Å²) in [6, 6.07) is 14.5. The van der Waals surface area contributed by atoms with Crippen LogP contribution in [0.2, 0.25) is 0 Å². The number of thiophene rings is 4. The second-order valence-electron chi connectivity index (χ2n) is 12.1. The van der Waals surface area contributed by atoms with Gasteiger partial charge in [-0.1, -0.05) is 24.3 Å². The zero-order valence-corrected chi connectivity index (χ0v) is 30.8. The third kappa shape index (κ3) is 6.01. The Morgan fingerprint density at radius 1 is 0.774 bits per heavy atom. The van der Waals surface area contributed by atoms with E-state index >= 15 is 0 Å². The number of aromatic nitrogens is 2. The fourth-order valence-corrected chi connectivity index (χ4v) is 10.1. The number of fused-ring (bicyclic) bond motifs is 4. The van der Waals surface area contributed by atoms with E-state index in [9.17, 15) is 14.4 Å². The predicted molar refractivity (Wildman–Crippen MR) is 213 cm³/mol. The van der Waals surface area contributed by atoms with Gasteiger partial charge in [0.05, 0.1) is 42.4 Å². The quantitative estimate of drug-likeness (QED) is 0.0989. The average molecular weight is 777 g/mol. The molecule has 264 valence electrons. The smallest absolute Gasteiger partial charge is 0.322 e. The Morgan fingerprint density at radius 3 is 1.87 bits per heavy atom. The topological polar surface area (TPSA) is 213 Å². The van der Waals surface area contributed by atoms with Gasteiger partial charge in [-0.2, -0.15) is 0 Å². The molecule has 0 radical (unpaired) electrons. The largest absolute Gasteiger partial charge is 0.397 e. The summed E-state index contributed by atoms with van der Waals surface area (Å²) < 4.78 is 0. The average Bonchev–Trinajstić information content (AvgIpc) is 4.00. The Bertz CT molecular complexity index is 2640. The first-order valence-corrected chi connectivity index (χ1v) is 19.4. The second kappa shape index (κ2) is 13.6. The number of nitrogens with two attached hydrogens (primary N) is 4. The molecule has 9 rings (SSSR count). The van der Waals surface area contributed by atoms with Crippen LogP contribution in [0.1, 0.15) is 41.9 Å². The molecule has 7 aromatic rings. The Hall–Kier alpha value is -5.90. The number of primary amides is 2. The van der Waals surface area contributed by atoms with Crippen molar-refractivity contribution in [3.05, 3.63) is 103 Å². The molecule has 2 aliphatic heterocycles. The highest BCUT2D eigenvalue weighted by Gasteiger charge is 2.32. The number of nitrogens with one attached hydrogen (secondary N) is 2. The van der Waals surface area contributed by atoms with Gasteiger partial charge in [-0.15, -0.1) is 45.3 Å². The van der Waals surface area contributed by atoms with Gasteiger partial charge >= 0.3 is 6.03 Å². The highest BCUT2D eigenvalue weighted by atomic mass is 32.1. The van der Waals surface area contributed by atoms with Crippen molar-refractivity contribution in [1.29, 1.82) is 0 Å². The molecular formula is C36H28N10O3S4. The minimum absolute atomic E-state index is 0.259. The van der Waals surface area contributed by atoms with Crippen molar-refractivity contribution in [2.45, 2.75) is 26.2 Å². The van der Waals surface area contributed by atoms with Crippen molar-refractivity contribution in [2.24, 2.45) is 11.5 Å². The molecule has 4 amide bonds. The van der Waals surface area contributed by atoms with Gasteiger partial charge < -0.3 is 38.5 Å². The van der Waals surface area contributed by atoms with Gasteiger partial charge in [-0.05, 0) is 40.6 Å². The van der Waals surface area contributed by atoms with Crippen LogP contribution in [0.3, 0.4) is 0 Å². The number of hydrogen-bond acceptors (Lipinski definition) is 12. The lowest BCUT2D eigenvalue weighted by Crippen LogP contribution is -2.30. The summed E-state index contributed by atoms with van der Waals surface area (Å²) >= 11 is 5.67. The van der Waals surface area contributed by atoms with Gasteiger partial charge in [0.25, 0.3) is 11.8 Å². The SMILES string of the molecule is NC(=O)c1sc2nc3c(c(-c4cccs4)c2c1N)CNC3.[C-]#[N+]c1ccc(NC(=O)N2Cc3nc4sc(C(N)=O)c(N)c4c(-c4cccs4)c3C2)cc1. The molecule has 0 saturated carbocycles. The van der Waals surface area contributed by atoms with Crippen molar-refractivity contribution in [2.75, 3.05) is 16.8 Å². The van der Waals surface area contributed by atoms with Crippen LogP contribution in [0.4, 0.5) is 27.5 Å². The molecule has 0 spiro atoms. The van der Waals surface area contributed by atoms with Gasteiger partial charge in [0.15, 0.2) is 5.69 Å². The maximum atomic E-state index is 12.9. The summed E-state index contributed by atoms with van der Waals surface area (Å²) in [5, 5.41) is 11.8. The van der Waals surface area contributed by atoms with E-state index < -0.39 is 11.8 Å². The molecule has 0 atom stereocenters. The molecule has 0 unspecified atom stereocenters. The first-order valence-electron chi connectivity index (χ1n) is 16.0. The highest BCUT2D eigenvalue weighted by Crippen LogP contribution is 2.46. The van der Waals surface area contributed by atoms with E-state index in [1.165, 1.54) is 28.2 Å². The fraction of sp³-hybridized carbons (Fsp3) is 0.111. The zero-order chi connectivity index (χ0) is 37.0. The van der Waals surface area contributed by atoms with E-state index in [2.05, 4.69) is 26.5 Å². The summed E-state index contributed by atoms with van der Waals surface area (Å²) in [5.41, 5.74) is 31.2. The zero-order valence-electron chi connectivity index (χ0n) is 27.6. The summed E-state index contributed by atoms with van der Waals surface area (Å²) in [7, 11) is 0. The number of hydrogen-bond donors (Lipinski definition) is 6. The maximum Gasteiger partial charge on any atom is 0.322 e. The number of carbonyl (C=O) groups excluding carboxylic acids is 3. The highest BCUT2D eigenvalue weighted by molar-refractivity contribution is 7.22. The predicted octanol–water partition coefficient (Wildman–Crippen LogP) is 7.11. The molecule has 0 saturated heterocycles. The number of nitrogen functional groups attached to an aromatic ring is 2. The molecule has 0 aliphatic carbocycles. The second-order valence-corrected chi connectivity index (χ2v) is 16.0. The number of nitrogens with zero attached hydrogens (tertiary/aromatic N) is 4. The van der Waals surface area contributed by atoms with Crippen LogP contribution in [-0.2, 0) is 26.2 Å². The van der Waals surface area contributed by atoms with Crippen molar-refractivity contribution in [1.82, 2.24) is 20.2 Å².